The summed E-state index contributed by atoms with van der Waals surface area (Å²) in [5.74, 6) is -3.75. The Morgan fingerprint density at radius 3 is 2.57 bits per heavy atom. The second kappa shape index (κ2) is 5.90. The van der Waals surface area contributed by atoms with Crippen LogP contribution in [0.1, 0.15) is 23.2 Å². The fraction of sp³-hybridized carbons (Fsp3) is 0.286. The third-order valence-electron chi connectivity index (χ3n) is 3.10. The monoisotopic (exact) mass is 296 g/mol. The second-order valence-electron chi connectivity index (χ2n) is 4.72. The van der Waals surface area contributed by atoms with Crippen LogP contribution in [0.15, 0.2) is 24.8 Å². The number of hydrogen-bond acceptors (Lipinski definition) is 2. The molecule has 1 aromatic carbocycles. The summed E-state index contributed by atoms with van der Waals surface area (Å²) < 4.78 is 26.9. The molecule has 5 nitrogen and oxygen atoms in total. The number of benzene rings is 1. The molecule has 0 aromatic heterocycles. The first-order valence-electron chi connectivity index (χ1n) is 6.35. The summed E-state index contributed by atoms with van der Waals surface area (Å²) in [6.07, 6.45) is 3.25. The second-order valence-corrected chi connectivity index (χ2v) is 4.72. The molecular formula is C14H14F2N2O3. The molecule has 21 heavy (non-hydrogen) atoms. The van der Waals surface area contributed by atoms with Crippen LogP contribution in [0, 0.1) is 11.6 Å². The van der Waals surface area contributed by atoms with E-state index < -0.39 is 29.2 Å². The number of nitrogens with one attached hydrogen (secondary N) is 1. The summed E-state index contributed by atoms with van der Waals surface area (Å²) in [7, 11) is 0. The third kappa shape index (κ3) is 3.36. The number of urea groups is 1. The molecule has 2 rings (SSSR count). The first-order chi connectivity index (χ1) is 9.93. The predicted molar refractivity (Wildman–Crippen MR) is 72.3 cm³/mol. The smallest absolute Gasteiger partial charge is 0.338 e. The number of hydrogen-bond donors (Lipinski definition) is 2. The number of amides is 2. The molecule has 2 N–H and O–H groups in total. The molecule has 0 unspecified atom stereocenters. The van der Waals surface area contributed by atoms with Gasteiger partial charge in [0.2, 0.25) is 0 Å². The van der Waals surface area contributed by atoms with Gasteiger partial charge in [-0.05, 0) is 18.9 Å². The zero-order valence-electron chi connectivity index (χ0n) is 11.1. The number of aromatic carboxylic acids is 1. The Bertz CT molecular complexity index is 600. The number of anilines is 1. The highest BCUT2D eigenvalue weighted by Crippen LogP contribution is 2.28. The lowest BCUT2D eigenvalue weighted by Gasteiger charge is -2.21. The standard InChI is InChI=1S/C14H14F2N2O3/c1-2-5-18(8-3-4-8)14(21)17-12-6-9(13(19)20)10(15)7-11(12)16/h2,6-8H,1,3-5H2,(H,17,21)(H,19,20). The molecule has 2 amide bonds. The van der Waals surface area contributed by atoms with Gasteiger partial charge in [0.25, 0.3) is 0 Å². The van der Waals surface area contributed by atoms with Crippen molar-refractivity contribution >= 4 is 17.7 Å². The molecule has 1 aliphatic rings. The van der Waals surface area contributed by atoms with Crippen LogP contribution in [-0.4, -0.2) is 34.6 Å². The Hall–Kier alpha value is -2.44. The van der Waals surface area contributed by atoms with Gasteiger partial charge >= 0.3 is 12.0 Å². The fourth-order valence-corrected chi connectivity index (χ4v) is 1.92. The van der Waals surface area contributed by atoms with Crippen molar-refractivity contribution in [2.24, 2.45) is 0 Å². The van der Waals surface area contributed by atoms with Gasteiger partial charge in [-0.3, -0.25) is 0 Å². The van der Waals surface area contributed by atoms with Gasteiger partial charge in [-0.25, -0.2) is 18.4 Å². The average molecular weight is 296 g/mol. The van der Waals surface area contributed by atoms with E-state index in [2.05, 4.69) is 11.9 Å². The van der Waals surface area contributed by atoms with Gasteiger partial charge in [-0.1, -0.05) is 6.08 Å². The lowest BCUT2D eigenvalue weighted by atomic mass is 10.2. The van der Waals surface area contributed by atoms with Crippen LogP contribution < -0.4 is 5.32 Å². The van der Waals surface area contributed by atoms with E-state index in [1.807, 2.05) is 0 Å². The molecule has 0 saturated heterocycles. The number of rotatable bonds is 5. The van der Waals surface area contributed by atoms with Gasteiger partial charge in [0, 0.05) is 18.7 Å². The molecule has 1 fully saturated rings. The van der Waals surface area contributed by atoms with Crippen molar-refractivity contribution in [3.63, 3.8) is 0 Å². The summed E-state index contributed by atoms with van der Waals surface area (Å²) in [5, 5.41) is 11.1. The number of carbonyl (C=O) groups excluding carboxylic acids is 1. The number of carboxylic acids is 1. The summed E-state index contributed by atoms with van der Waals surface area (Å²) in [6, 6.07) is 0.711. The maximum atomic E-state index is 13.6. The molecule has 0 bridgehead atoms. The topological polar surface area (TPSA) is 69.6 Å². The molecule has 112 valence electrons. The van der Waals surface area contributed by atoms with Gasteiger partial charge in [-0.15, -0.1) is 6.58 Å². The molecule has 7 heteroatoms. The fourth-order valence-electron chi connectivity index (χ4n) is 1.92. The SMILES string of the molecule is C=CCN(C(=O)Nc1cc(C(=O)O)c(F)cc1F)C1CC1. The minimum Gasteiger partial charge on any atom is -0.478 e. The normalized spacial score (nSPS) is 13.6. The summed E-state index contributed by atoms with van der Waals surface area (Å²) >= 11 is 0. The Morgan fingerprint density at radius 2 is 2.05 bits per heavy atom. The van der Waals surface area contributed by atoms with Gasteiger partial charge in [0.1, 0.15) is 11.6 Å². The average Bonchev–Trinajstić information content (AvgIpc) is 3.22. The maximum Gasteiger partial charge on any atom is 0.338 e. The van der Waals surface area contributed by atoms with Crippen molar-refractivity contribution in [1.82, 2.24) is 4.90 Å². The van der Waals surface area contributed by atoms with Crippen LogP contribution >= 0.6 is 0 Å². The van der Waals surface area contributed by atoms with Gasteiger partial charge in [0.05, 0.1) is 11.3 Å². The van der Waals surface area contributed by atoms with Crippen molar-refractivity contribution in [3.05, 3.63) is 42.0 Å². The van der Waals surface area contributed by atoms with Crippen LogP contribution in [0.25, 0.3) is 0 Å². The van der Waals surface area contributed by atoms with Crippen LogP contribution in [0.5, 0.6) is 0 Å². The third-order valence-corrected chi connectivity index (χ3v) is 3.10. The van der Waals surface area contributed by atoms with E-state index in [1.54, 1.807) is 6.08 Å². The Balaban J connectivity index is 2.21. The molecule has 0 spiro atoms. The van der Waals surface area contributed by atoms with Gasteiger partial charge < -0.3 is 15.3 Å². The Labute approximate surface area is 119 Å². The van der Waals surface area contributed by atoms with E-state index >= 15 is 0 Å². The molecular weight excluding hydrogens is 282 g/mol. The first-order valence-corrected chi connectivity index (χ1v) is 6.35. The van der Waals surface area contributed by atoms with Crippen molar-refractivity contribution in [3.8, 4) is 0 Å². The van der Waals surface area contributed by atoms with Crippen LogP contribution in [-0.2, 0) is 0 Å². The predicted octanol–water partition coefficient (Wildman–Crippen LogP) is 2.85. The highest BCUT2D eigenvalue weighted by Gasteiger charge is 2.32. The van der Waals surface area contributed by atoms with E-state index in [1.165, 1.54) is 4.90 Å². The minimum atomic E-state index is -1.53. The van der Waals surface area contributed by atoms with Gasteiger partial charge in [-0.2, -0.15) is 0 Å². The molecule has 1 aliphatic carbocycles. The number of carbonyl (C=O) groups is 2. The largest absolute Gasteiger partial charge is 0.478 e. The first kappa shape index (κ1) is 15.0. The number of nitrogens with zero attached hydrogens (tertiary/aromatic N) is 1. The minimum absolute atomic E-state index is 0.0745. The van der Waals surface area contributed by atoms with Crippen molar-refractivity contribution in [1.29, 1.82) is 0 Å². The van der Waals surface area contributed by atoms with Crippen LogP contribution in [0.4, 0.5) is 19.3 Å². The zero-order chi connectivity index (χ0) is 15.6. The molecule has 0 heterocycles. The highest BCUT2D eigenvalue weighted by atomic mass is 19.1. The van der Waals surface area contributed by atoms with Gasteiger partial charge in [0.15, 0.2) is 0 Å². The maximum absolute atomic E-state index is 13.6. The quantitative estimate of drug-likeness (QED) is 0.821. The molecule has 0 atom stereocenters. The Kier molecular flexibility index (Phi) is 4.21. The van der Waals surface area contributed by atoms with Crippen LogP contribution in [0.2, 0.25) is 0 Å². The highest BCUT2D eigenvalue weighted by molar-refractivity contribution is 5.93. The van der Waals surface area contributed by atoms with E-state index in [9.17, 15) is 18.4 Å². The lowest BCUT2D eigenvalue weighted by molar-refractivity contribution is 0.0691. The molecule has 0 aliphatic heterocycles. The molecule has 1 aromatic rings. The van der Waals surface area contributed by atoms with Crippen molar-refractivity contribution < 1.29 is 23.5 Å². The Morgan fingerprint density at radius 1 is 1.38 bits per heavy atom. The summed E-state index contributed by atoms with van der Waals surface area (Å²) in [6.45, 7) is 3.84. The van der Waals surface area contributed by atoms with Crippen molar-refractivity contribution in [2.75, 3.05) is 11.9 Å². The lowest BCUT2D eigenvalue weighted by Crippen LogP contribution is -2.37. The number of carboxylic acid groups (broad SMARTS) is 1. The number of halogens is 2. The molecule has 1 saturated carbocycles. The van der Waals surface area contributed by atoms with E-state index in [0.717, 1.165) is 18.9 Å². The summed E-state index contributed by atoms with van der Waals surface area (Å²) in [5.41, 5.74) is -1.07. The summed E-state index contributed by atoms with van der Waals surface area (Å²) in [4.78, 5) is 24.4. The van der Waals surface area contributed by atoms with Crippen LogP contribution in [0.3, 0.4) is 0 Å². The van der Waals surface area contributed by atoms with E-state index in [4.69, 9.17) is 5.11 Å². The zero-order valence-corrected chi connectivity index (χ0v) is 11.1. The van der Waals surface area contributed by atoms with E-state index in [-0.39, 0.29) is 11.7 Å². The van der Waals surface area contributed by atoms with E-state index in [0.29, 0.717) is 12.6 Å². The molecule has 0 radical (unpaired) electrons. The van der Waals surface area contributed by atoms with Crippen molar-refractivity contribution in [2.45, 2.75) is 18.9 Å².